The number of carbonyl (C=O) groups excluding carboxylic acids is 1. The van der Waals surface area contributed by atoms with Gasteiger partial charge in [0.2, 0.25) is 23.4 Å². The van der Waals surface area contributed by atoms with Crippen LogP contribution in [0, 0.1) is 0 Å². The molecule has 16 heteroatoms. The van der Waals surface area contributed by atoms with Crippen LogP contribution in [0.5, 0.6) is 0 Å². The molecule has 0 bridgehead atoms. The van der Waals surface area contributed by atoms with Crippen LogP contribution in [0.4, 0.5) is 9.59 Å². The van der Waals surface area contributed by atoms with Crippen LogP contribution in [0.1, 0.15) is 65.2 Å². The van der Waals surface area contributed by atoms with Gasteiger partial charge in [0.1, 0.15) is 5.60 Å². The van der Waals surface area contributed by atoms with E-state index in [4.69, 9.17) is 18.9 Å². The van der Waals surface area contributed by atoms with Crippen LogP contribution in [0.15, 0.2) is 58.1 Å². The molecule has 2 aliphatic heterocycles. The first-order valence-electron chi connectivity index (χ1n) is 17.3. The molecule has 0 atom stereocenters. The fourth-order valence-corrected chi connectivity index (χ4v) is 6.13. The lowest BCUT2D eigenvalue weighted by Gasteiger charge is -2.38. The quantitative estimate of drug-likeness (QED) is 0.244. The standard InChI is InChI=1S/C20H29N5O3.C15H19N5O3/c1-5-24(14-17-22-18(23-28-17)15-6-10-21-11-7-15)16-8-12-25(13-9-16)19(26)27-20(2,3)4;1-19(12-4-8-20(9-5-12)15(21)22)10-13-17-14(18-23-13)11-2-6-16-7-3-11/h6-7,10-11,16H,5,8-9,12-14H2,1-4H3;2-3,6-7,12H,4-5,8-10H2,1H3,(H,21,22). The predicted molar refractivity (Wildman–Crippen MR) is 186 cm³/mol. The fraction of sp³-hybridized carbons (Fsp3) is 0.543. The number of amides is 2. The zero-order valence-electron chi connectivity index (χ0n) is 30.0. The van der Waals surface area contributed by atoms with Crippen molar-refractivity contribution in [3.63, 3.8) is 0 Å². The van der Waals surface area contributed by atoms with Gasteiger partial charge in [0.15, 0.2) is 0 Å². The van der Waals surface area contributed by atoms with E-state index in [0.717, 1.165) is 43.4 Å². The minimum atomic E-state index is -0.843. The summed E-state index contributed by atoms with van der Waals surface area (Å²) in [6, 6.07) is 8.08. The summed E-state index contributed by atoms with van der Waals surface area (Å²) in [6.45, 7) is 12.4. The van der Waals surface area contributed by atoms with Crippen LogP contribution in [0.2, 0.25) is 0 Å². The zero-order chi connectivity index (χ0) is 36.4. The lowest BCUT2D eigenvalue weighted by molar-refractivity contribution is 0.0134. The molecule has 2 amide bonds. The molecular weight excluding hydrogens is 656 g/mol. The molecule has 274 valence electrons. The summed E-state index contributed by atoms with van der Waals surface area (Å²) < 4.78 is 16.2. The number of carboxylic acid groups (broad SMARTS) is 1. The highest BCUT2D eigenvalue weighted by Crippen LogP contribution is 2.22. The molecule has 4 aromatic rings. The van der Waals surface area contributed by atoms with Crippen molar-refractivity contribution in [1.29, 1.82) is 0 Å². The summed E-state index contributed by atoms with van der Waals surface area (Å²) in [6.07, 6.45) is 9.16. The number of carbonyl (C=O) groups is 2. The van der Waals surface area contributed by atoms with E-state index in [1.54, 1.807) is 29.7 Å². The minimum Gasteiger partial charge on any atom is -0.465 e. The highest BCUT2D eigenvalue weighted by Gasteiger charge is 2.30. The van der Waals surface area contributed by atoms with E-state index in [-0.39, 0.29) is 6.09 Å². The first kappa shape index (κ1) is 37.3. The van der Waals surface area contributed by atoms with Crippen molar-refractivity contribution in [3.05, 3.63) is 60.8 Å². The van der Waals surface area contributed by atoms with Gasteiger partial charge in [0.05, 0.1) is 13.1 Å². The molecule has 1 N–H and O–H groups in total. The number of likely N-dealkylation sites (tertiary alicyclic amines) is 2. The normalized spacial score (nSPS) is 15.9. The number of piperidine rings is 2. The van der Waals surface area contributed by atoms with E-state index < -0.39 is 11.7 Å². The molecular formula is C35H48N10O6. The molecule has 2 saturated heterocycles. The lowest BCUT2D eigenvalue weighted by Crippen LogP contribution is -2.47. The van der Waals surface area contributed by atoms with E-state index in [9.17, 15) is 9.59 Å². The van der Waals surface area contributed by atoms with E-state index in [1.165, 1.54) is 4.90 Å². The highest BCUT2D eigenvalue weighted by atomic mass is 16.6. The molecule has 0 aromatic carbocycles. The maximum Gasteiger partial charge on any atom is 0.410 e. The third kappa shape index (κ3) is 10.8. The number of rotatable bonds is 9. The Bertz CT molecular complexity index is 1660. The SMILES string of the molecule is CCN(Cc1nc(-c2ccncc2)no1)C1CCN(C(=O)OC(C)(C)C)CC1.CN(Cc1nc(-c2ccncc2)no1)C1CCN(C(=O)O)CC1. The number of hydrogen-bond acceptors (Lipinski definition) is 13. The van der Waals surface area contributed by atoms with Crippen molar-refractivity contribution in [2.24, 2.45) is 0 Å². The van der Waals surface area contributed by atoms with Crippen molar-refractivity contribution in [2.75, 3.05) is 39.8 Å². The lowest BCUT2D eigenvalue weighted by atomic mass is 10.0. The molecule has 0 spiro atoms. The molecule has 0 saturated carbocycles. The molecule has 2 aliphatic rings. The summed E-state index contributed by atoms with van der Waals surface area (Å²) in [5, 5.41) is 17.1. The summed E-state index contributed by atoms with van der Waals surface area (Å²) >= 11 is 0. The van der Waals surface area contributed by atoms with E-state index in [2.05, 4.69) is 47.0 Å². The van der Waals surface area contributed by atoms with Crippen LogP contribution < -0.4 is 0 Å². The first-order chi connectivity index (χ1) is 24.5. The highest BCUT2D eigenvalue weighted by molar-refractivity contribution is 5.68. The Morgan fingerprint density at radius 3 is 1.75 bits per heavy atom. The van der Waals surface area contributed by atoms with Gasteiger partial charge in [-0.1, -0.05) is 17.2 Å². The maximum absolute atomic E-state index is 12.2. The second-order valence-electron chi connectivity index (χ2n) is 13.7. The van der Waals surface area contributed by atoms with Gasteiger partial charge < -0.3 is 28.7 Å². The van der Waals surface area contributed by atoms with Crippen LogP contribution >= 0.6 is 0 Å². The molecule has 0 aliphatic carbocycles. The van der Waals surface area contributed by atoms with Crippen molar-refractivity contribution in [1.82, 2.24) is 49.8 Å². The van der Waals surface area contributed by atoms with Gasteiger partial charge in [-0.3, -0.25) is 19.8 Å². The third-order valence-electron chi connectivity index (χ3n) is 8.93. The van der Waals surface area contributed by atoms with Crippen LogP contribution in [0.3, 0.4) is 0 Å². The Balaban J connectivity index is 0.000000201. The fourth-order valence-electron chi connectivity index (χ4n) is 6.13. The number of hydrogen-bond donors (Lipinski definition) is 1. The van der Waals surface area contributed by atoms with Gasteiger partial charge in [-0.15, -0.1) is 0 Å². The molecule has 0 radical (unpaired) electrons. The van der Waals surface area contributed by atoms with Crippen molar-refractivity contribution >= 4 is 12.2 Å². The Kier molecular flexibility index (Phi) is 12.7. The van der Waals surface area contributed by atoms with E-state index in [0.29, 0.717) is 74.8 Å². The summed E-state index contributed by atoms with van der Waals surface area (Å²) in [5.74, 6) is 2.29. The van der Waals surface area contributed by atoms with Gasteiger partial charge in [-0.25, -0.2) is 9.59 Å². The average Bonchev–Trinajstić information content (AvgIpc) is 3.81. The molecule has 51 heavy (non-hydrogen) atoms. The molecule has 0 unspecified atom stereocenters. The summed E-state index contributed by atoms with van der Waals surface area (Å²) in [7, 11) is 2.00. The summed E-state index contributed by atoms with van der Waals surface area (Å²) in [4.78, 5) is 47.8. The Hall–Kier alpha value is -4.96. The number of ether oxygens (including phenoxy) is 1. The van der Waals surface area contributed by atoms with Crippen molar-refractivity contribution in [3.8, 4) is 22.8 Å². The molecule has 4 aromatic heterocycles. The van der Waals surface area contributed by atoms with Crippen molar-refractivity contribution < 1.29 is 28.5 Å². The van der Waals surface area contributed by atoms with Gasteiger partial charge in [-0.2, -0.15) is 9.97 Å². The molecule has 16 nitrogen and oxygen atoms in total. The van der Waals surface area contributed by atoms with Gasteiger partial charge in [0.25, 0.3) is 0 Å². The number of nitrogens with zero attached hydrogens (tertiary/aromatic N) is 10. The largest absolute Gasteiger partial charge is 0.465 e. The minimum absolute atomic E-state index is 0.229. The second kappa shape index (κ2) is 17.3. The Morgan fingerprint density at radius 2 is 1.27 bits per heavy atom. The van der Waals surface area contributed by atoms with Gasteiger partial charge in [-0.05, 0) is 84.3 Å². The average molecular weight is 705 g/mol. The third-order valence-corrected chi connectivity index (χ3v) is 8.93. The van der Waals surface area contributed by atoms with Crippen molar-refractivity contribution in [2.45, 2.75) is 84.2 Å². The molecule has 6 rings (SSSR count). The Labute approximate surface area is 297 Å². The van der Waals surface area contributed by atoms with Crippen LogP contribution in [-0.2, 0) is 17.8 Å². The number of aromatic nitrogens is 6. The number of pyridine rings is 2. The topological polar surface area (TPSA) is 180 Å². The van der Waals surface area contributed by atoms with Gasteiger partial charge >= 0.3 is 12.2 Å². The van der Waals surface area contributed by atoms with E-state index in [1.807, 2.05) is 52.1 Å². The van der Waals surface area contributed by atoms with E-state index >= 15 is 0 Å². The summed E-state index contributed by atoms with van der Waals surface area (Å²) in [5.41, 5.74) is 1.29. The van der Waals surface area contributed by atoms with Crippen LogP contribution in [-0.4, -0.2) is 125 Å². The van der Waals surface area contributed by atoms with Crippen LogP contribution in [0.25, 0.3) is 22.8 Å². The molecule has 2 fully saturated rings. The van der Waals surface area contributed by atoms with Gasteiger partial charge in [0, 0.05) is 74.2 Å². The smallest absolute Gasteiger partial charge is 0.410 e. The monoisotopic (exact) mass is 704 g/mol. The second-order valence-corrected chi connectivity index (χ2v) is 13.7. The molecule has 6 heterocycles. The predicted octanol–water partition coefficient (Wildman–Crippen LogP) is 5.06. The maximum atomic E-state index is 12.2. The first-order valence-corrected chi connectivity index (χ1v) is 17.3. The Morgan fingerprint density at radius 1 is 0.804 bits per heavy atom. The zero-order valence-corrected chi connectivity index (χ0v) is 30.0.